The zero-order chi connectivity index (χ0) is 10.4. The molecule has 78 valence electrons. The molecule has 0 aromatic heterocycles. The van der Waals surface area contributed by atoms with Gasteiger partial charge in [0.2, 0.25) is 0 Å². The summed E-state index contributed by atoms with van der Waals surface area (Å²) in [6.07, 6.45) is 3.50. The zero-order valence-corrected chi connectivity index (χ0v) is 9.35. The molecule has 0 bridgehead atoms. The molecule has 0 saturated carbocycles. The summed E-state index contributed by atoms with van der Waals surface area (Å²) >= 11 is 0. The molecule has 14 heavy (non-hydrogen) atoms. The molecule has 1 aromatic rings. The van der Waals surface area contributed by atoms with Crippen molar-refractivity contribution in [1.82, 2.24) is 5.43 Å². The van der Waals surface area contributed by atoms with Crippen molar-refractivity contribution in [3.05, 3.63) is 29.3 Å². The van der Waals surface area contributed by atoms with Gasteiger partial charge in [0, 0.05) is 12.7 Å². The van der Waals surface area contributed by atoms with Crippen LogP contribution < -0.4 is 10.9 Å². The highest BCUT2D eigenvalue weighted by atomic mass is 15.3. The SMILES string of the molecule is CCCc1ccc(NNC)cc1CC. The van der Waals surface area contributed by atoms with Gasteiger partial charge >= 0.3 is 0 Å². The molecule has 0 heterocycles. The third-order valence-electron chi connectivity index (χ3n) is 2.38. The molecular weight excluding hydrogens is 172 g/mol. The van der Waals surface area contributed by atoms with E-state index in [1.165, 1.54) is 24.0 Å². The summed E-state index contributed by atoms with van der Waals surface area (Å²) in [5.41, 5.74) is 10.1. The van der Waals surface area contributed by atoms with E-state index in [0.717, 1.165) is 12.1 Å². The number of hydrazine groups is 1. The largest absolute Gasteiger partial charge is 0.322 e. The Morgan fingerprint density at radius 2 is 1.93 bits per heavy atom. The van der Waals surface area contributed by atoms with Gasteiger partial charge in [-0.1, -0.05) is 26.3 Å². The van der Waals surface area contributed by atoms with Gasteiger partial charge in [-0.05, 0) is 36.1 Å². The Hall–Kier alpha value is -1.02. The number of aryl methyl sites for hydroxylation is 2. The third kappa shape index (κ3) is 2.74. The first kappa shape index (κ1) is 11.1. The van der Waals surface area contributed by atoms with Crippen molar-refractivity contribution in [3.63, 3.8) is 0 Å². The van der Waals surface area contributed by atoms with Crippen molar-refractivity contribution >= 4 is 5.69 Å². The van der Waals surface area contributed by atoms with E-state index in [0.29, 0.717) is 0 Å². The topological polar surface area (TPSA) is 24.1 Å². The fraction of sp³-hybridized carbons (Fsp3) is 0.500. The first-order chi connectivity index (χ1) is 6.81. The maximum atomic E-state index is 3.10. The first-order valence-corrected chi connectivity index (χ1v) is 5.36. The van der Waals surface area contributed by atoms with Crippen LogP contribution >= 0.6 is 0 Å². The van der Waals surface area contributed by atoms with Crippen LogP contribution in [0.3, 0.4) is 0 Å². The van der Waals surface area contributed by atoms with E-state index in [9.17, 15) is 0 Å². The molecule has 1 aromatic carbocycles. The average Bonchev–Trinajstić information content (AvgIpc) is 2.21. The van der Waals surface area contributed by atoms with Crippen molar-refractivity contribution in [2.45, 2.75) is 33.1 Å². The molecular formula is C12H20N2. The van der Waals surface area contributed by atoms with E-state index in [1.807, 2.05) is 7.05 Å². The molecule has 0 aliphatic heterocycles. The Labute approximate surface area is 86.7 Å². The van der Waals surface area contributed by atoms with Gasteiger partial charge in [0.1, 0.15) is 0 Å². The Balaban J connectivity index is 2.87. The summed E-state index contributed by atoms with van der Waals surface area (Å²) < 4.78 is 0. The fourth-order valence-corrected chi connectivity index (χ4v) is 1.69. The van der Waals surface area contributed by atoms with Gasteiger partial charge < -0.3 is 5.43 Å². The number of anilines is 1. The molecule has 0 saturated heterocycles. The van der Waals surface area contributed by atoms with Crippen LogP contribution in [0.4, 0.5) is 5.69 Å². The van der Waals surface area contributed by atoms with Crippen LogP contribution in [-0.2, 0) is 12.8 Å². The van der Waals surface area contributed by atoms with E-state index in [4.69, 9.17) is 0 Å². The van der Waals surface area contributed by atoms with E-state index >= 15 is 0 Å². The fourth-order valence-electron chi connectivity index (χ4n) is 1.69. The number of nitrogens with one attached hydrogen (secondary N) is 2. The van der Waals surface area contributed by atoms with Crippen LogP contribution in [0, 0.1) is 0 Å². The van der Waals surface area contributed by atoms with Crippen molar-refractivity contribution < 1.29 is 0 Å². The molecule has 0 aliphatic carbocycles. The summed E-state index contributed by atoms with van der Waals surface area (Å²) in [6, 6.07) is 6.57. The number of hydrogen-bond acceptors (Lipinski definition) is 2. The van der Waals surface area contributed by atoms with Gasteiger partial charge in [-0.3, -0.25) is 0 Å². The van der Waals surface area contributed by atoms with Gasteiger partial charge in [0.25, 0.3) is 0 Å². The summed E-state index contributed by atoms with van der Waals surface area (Å²) in [7, 11) is 1.88. The van der Waals surface area contributed by atoms with E-state index in [2.05, 4.69) is 42.9 Å². The van der Waals surface area contributed by atoms with Gasteiger partial charge in [0.15, 0.2) is 0 Å². The van der Waals surface area contributed by atoms with Gasteiger partial charge in [0.05, 0.1) is 0 Å². The second kappa shape index (κ2) is 5.66. The first-order valence-electron chi connectivity index (χ1n) is 5.36. The van der Waals surface area contributed by atoms with Crippen LogP contribution in [0.15, 0.2) is 18.2 Å². The lowest BCUT2D eigenvalue weighted by Gasteiger charge is -2.10. The van der Waals surface area contributed by atoms with Crippen LogP contribution in [0.5, 0.6) is 0 Å². The predicted octanol–water partition coefficient (Wildman–Crippen LogP) is 2.75. The molecule has 0 amide bonds. The maximum absolute atomic E-state index is 3.10. The molecule has 0 unspecified atom stereocenters. The minimum absolute atomic E-state index is 1.11. The van der Waals surface area contributed by atoms with Crippen molar-refractivity contribution in [1.29, 1.82) is 0 Å². The minimum Gasteiger partial charge on any atom is -0.322 e. The van der Waals surface area contributed by atoms with Crippen molar-refractivity contribution in [2.24, 2.45) is 0 Å². The Morgan fingerprint density at radius 1 is 1.14 bits per heavy atom. The van der Waals surface area contributed by atoms with Gasteiger partial charge in [-0.2, -0.15) is 0 Å². The maximum Gasteiger partial charge on any atom is 0.0490 e. The summed E-state index contributed by atoms with van der Waals surface area (Å²) in [4.78, 5) is 0. The number of hydrogen-bond donors (Lipinski definition) is 2. The molecule has 0 aliphatic rings. The summed E-state index contributed by atoms with van der Waals surface area (Å²) in [5, 5.41) is 0. The molecule has 0 radical (unpaired) electrons. The predicted molar refractivity (Wildman–Crippen MR) is 62.5 cm³/mol. The standard InChI is InChI=1S/C12H20N2/c1-4-6-11-7-8-12(14-13-3)9-10(11)5-2/h7-9,13-14H,4-6H2,1-3H3. The second-order valence-electron chi connectivity index (χ2n) is 3.46. The van der Waals surface area contributed by atoms with Crippen LogP contribution in [0.2, 0.25) is 0 Å². The van der Waals surface area contributed by atoms with Gasteiger partial charge in [-0.15, -0.1) is 0 Å². The highest BCUT2D eigenvalue weighted by molar-refractivity contribution is 5.48. The lowest BCUT2D eigenvalue weighted by Crippen LogP contribution is -2.15. The Kier molecular flexibility index (Phi) is 4.47. The molecule has 2 heteroatoms. The lowest BCUT2D eigenvalue weighted by molar-refractivity contribution is 0.897. The van der Waals surface area contributed by atoms with Crippen LogP contribution in [-0.4, -0.2) is 7.05 Å². The number of rotatable bonds is 5. The average molecular weight is 192 g/mol. The minimum atomic E-state index is 1.11. The molecule has 0 spiro atoms. The second-order valence-corrected chi connectivity index (χ2v) is 3.46. The molecule has 1 rings (SSSR count). The van der Waals surface area contributed by atoms with Crippen molar-refractivity contribution in [2.75, 3.05) is 12.5 Å². The van der Waals surface area contributed by atoms with Crippen molar-refractivity contribution in [3.8, 4) is 0 Å². The quantitative estimate of drug-likeness (QED) is 0.701. The smallest absolute Gasteiger partial charge is 0.0490 e. The Bertz CT molecular complexity index is 282. The summed E-state index contributed by atoms with van der Waals surface area (Å²) in [5.74, 6) is 0. The lowest BCUT2D eigenvalue weighted by atomic mass is 10.0. The van der Waals surface area contributed by atoms with E-state index in [-0.39, 0.29) is 0 Å². The zero-order valence-electron chi connectivity index (χ0n) is 9.35. The van der Waals surface area contributed by atoms with Crippen LogP contribution in [0.1, 0.15) is 31.4 Å². The van der Waals surface area contributed by atoms with E-state index < -0.39 is 0 Å². The molecule has 2 nitrogen and oxygen atoms in total. The molecule has 0 atom stereocenters. The third-order valence-corrected chi connectivity index (χ3v) is 2.38. The van der Waals surface area contributed by atoms with Crippen LogP contribution in [0.25, 0.3) is 0 Å². The number of benzene rings is 1. The highest BCUT2D eigenvalue weighted by Crippen LogP contribution is 2.17. The molecule has 2 N–H and O–H groups in total. The Morgan fingerprint density at radius 3 is 2.50 bits per heavy atom. The van der Waals surface area contributed by atoms with Gasteiger partial charge in [-0.25, -0.2) is 5.43 Å². The normalized spacial score (nSPS) is 10.2. The monoisotopic (exact) mass is 192 g/mol. The summed E-state index contributed by atoms with van der Waals surface area (Å²) in [6.45, 7) is 4.43. The van der Waals surface area contributed by atoms with E-state index in [1.54, 1.807) is 0 Å². The molecule has 0 fully saturated rings. The highest BCUT2D eigenvalue weighted by Gasteiger charge is 2.00.